The highest BCUT2D eigenvalue weighted by molar-refractivity contribution is 7.81. The van der Waals surface area contributed by atoms with Gasteiger partial charge in [-0.25, -0.2) is 4.79 Å². The van der Waals surface area contributed by atoms with Crippen LogP contribution in [0.1, 0.15) is 106 Å². The molecule has 0 heterocycles. The van der Waals surface area contributed by atoms with Gasteiger partial charge in [-0.15, -0.1) is 0 Å². The zero-order chi connectivity index (χ0) is 30.2. The van der Waals surface area contributed by atoms with Crippen LogP contribution in [0.15, 0.2) is 54.6 Å². The smallest absolute Gasteiger partial charge is 0.340 e. The van der Waals surface area contributed by atoms with E-state index >= 15 is 0 Å². The Morgan fingerprint density at radius 1 is 0.907 bits per heavy atom. The first kappa shape index (κ1) is 29.7. The minimum absolute atomic E-state index is 0.0971. The Bertz CT molecular complexity index is 1560. The van der Waals surface area contributed by atoms with Gasteiger partial charge >= 0.3 is 5.97 Å². The second kappa shape index (κ2) is 12.3. The van der Waals surface area contributed by atoms with Crippen molar-refractivity contribution in [1.82, 2.24) is 0 Å². The minimum Gasteiger partial charge on any atom is -0.459 e. The van der Waals surface area contributed by atoms with Crippen LogP contribution in [-0.2, 0) is 22.3 Å². The summed E-state index contributed by atoms with van der Waals surface area (Å²) in [5.41, 5.74) is 12.7. The number of carbonyl (C=O) groups excluding carboxylic acids is 2. The Morgan fingerprint density at radius 3 is 2.26 bits per heavy atom. The molecule has 3 aromatic rings. The van der Waals surface area contributed by atoms with Crippen LogP contribution < -0.4 is 5.73 Å². The average molecular weight is 596 g/mol. The minimum atomic E-state index is -0.425. The maximum absolute atomic E-state index is 13.9. The lowest BCUT2D eigenvalue weighted by Gasteiger charge is -2.42. The number of aryl methyl sites for hydroxylation is 3. The van der Waals surface area contributed by atoms with Crippen LogP contribution in [0.25, 0.3) is 0 Å². The number of ether oxygens (including phenoxy) is 2. The van der Waals surface area contributed by atoms with Gasteiger partial charge in [0, 0.05) is 22.3 Å². The van der Waals surface area contributed by atoms with Crippen LogP contribution in [-0.4, -0.2) is 34.9 Å². The standard InChI is InChI=1S/C37H41NO4S/c1-21(2)41-27-16-14-25-19-28(17-15-24(25)18-27)42-37(40)31-20-26(13-12-23-10-8-22(3)9-11-23)32-33(34(31)38)36(43)30-7-5-4-6-29(30)35(32)39/h4-11,20-21,24-25,27-28H,12-19,38H2,1-3H3. The summed E-state index contributed by atoms with van der Waals surface area (Å²) in [4.78, 5) is 28.2. The quantitative estimate of drug-likeness (QED) is 0.135. The van der Waals surface area contributed by atoms with E-state index in [-0.39, 0.29) is 23.7 Å². The van der Waals surface area contributed by atoms with Gasteiger partial charge < -0.3 is 15.2 Å². The summed E-state index contributed by atoms with van der Waals surface area (Å²) in [6.07, 6.45) is 7.77. The van der Waals surface area contributed by atoms with Crippen molar-refractivity contribution in [2.45, 2.75) is 90.4 Å². The molecule has 0 aromatic heterocycles. The van der Waals surface area contributed by atoms with Crippen molar-refractivity contribution >= 4 is 34.5 Å². The second-order valence-electron chi connectivity index (χ2n) is 12.9. The first-order chi connectivity index (χ1) is 20.7. The normalized spacial score (nSPS) is 23.0. The second-order valence-corrected chi connectivity index (χ2v) is 13.3. The van der Waals surface area contributed by atoms with Crippen LogP contribution >= 0.6 is 12.2 Å². The first-order valence-corrected chi connectivity index (χ1v) is 16.2. The Balaban J connectivity index is 1.27. The number of nitrogen functional groups attached to an aromatic ring is 1. The Labute approximate surface area is 260 Å². The lowest BCUT2D eigenvalue weighted by molar-refractivity contribution is -0.0588. The van der Waals surface area contributed by atoms with E-state index in [2.05, 4.69) is 45.0 Å². The Morgan fingerprint density at radius 2 is 1.56 bits per heavy atom. The summed E-state index contributed by atoms with van der Waals surface area (Å²) in [5, 5.41) is 0. The van der Waals surface area contributed by atoms with Crippen molar-refractivity contribution in [3.8, 4) is 0 Å². The predicted octanol–water partition coefficient (Wildman–Crippen LogP) is 7.59. The molecule has 0 amide bonds. The summed E-state index contributed by atoms with van der Waals surface area (Å²) in [6.45, 7) is 6.27. The van der Waals surface area contributed by atoms with E-state index in [1.54, 1.807) is 6.07 Å². The SMILES string of the molecule is Cc1ccc(CCc2cc(C(=O)OC3CCC4CC(OC(C)C)CCC4C3)c(N)c3c2C(=O)c2ccccc2C3=S)cc1. The van der Waals surface area contributed by atoms with Gasteiger partial charge in [-0.2, -0.15) is 0 Å². The fourth-order valence-corrected chi connectivity index (χ4v) is 7.82. The molecule has 0 spiro atoms. The molecule has 3 aliphatic carbocycles. The molecule has 3 aliphatic rings. The summed E-state index contributed by atoms with van der Waals surface area (Å²) >= 11 is 5.92. The molecule has 3 aromatic carbocycles. The van der Waals surface area contributed by atoms with Crippen molar-refractivity contribution in [2.75, 3.05) is 5.73 Å². The van der Waals surface area contributed by atoms with Crippen molar-refractivity contribution in [1.29, 1.82) is 0 Å². The van der Waals surface area contributed by atoms with E-state index in [0.717, 1.165) is 56.1 Å². The summed E-state index contributed by atoms with van der Waals surface area (Å²) in [7, 11) is 0. The number of hydrogen-bond donors (Lipinski definition) is 1. The van der Waals surface area contributed by atoms with Gasteiger partial charge in [0.15, 0.2) is 5.78 Å². The summed E-state index contributed by atoms with van der Waals surface area (Å²) in [5.74, 6) is 0.649. The molecule has 0 aliphatic heterocycles. The Kier molecular flexibility index (Phi) is 8.52. The van der Waals surface area contributed by atoms with Gasteiger partial charge in [0.25, 0.3) is 0 Å². The predicted molar refractivity (Wildman–Crippen MR) is 174 cm³/mol. The number of hydrogen-bond acceptors (Lipinski definition) is 6. The molecule has 43 heavy (non-hydrogen) atoms. The Hall–Kier alpha value is -3.35. The molecule has 0 bridgehead atoms. The third-order valence-electron chi connectivity index (χ3n) is 9.60. The average Bonchev–Trinajstić information content (AvgIpc) is 2.99. The highest BCUT2D eigenvalue weighted by atomic mass is 32.1. The van der Waals surface area contributed by atoms with Gasteiger partial charge in [-0.3, -0.25) is 4.79 Å². The molecule has 5 nitrogen and oxygen atoms in total. The van der Waals surface area contributed by atoms with Crippen molar-refractivity contribution in [3.63, 3.8) is 0 Å². The van der Waals surface area contributed by atoms with E-state index in [4.69, 9.17) is 27.4 Å². The van der Waals surface area contributed by atoms with E-state index in [0.29, 0.717) is 57.0 Å². The number of esters is 1. The van der Waals surface area contributed by atoms with Crippen molar-refractivity contribution in [2.24, 2.45) is 11.8 Å². The maximum Gasteiger partial charge on any atom is 0.340 e. The number of nitrogens with two attached hydrogens (primary N) is 1. The first-order valence-electron chi connectivity index (χ1n) is 15.7. The number of rotatable bonds is 7. The molecule has 0 saturated heterocycles. The maximum atomic E-state index is 13.9. The highest BCUT2D eigenvalue weighted by Crippen LogP contribution is 2.43. The van der Waals surface area contributed by atoms with Gasteiger partial charge in [-0.1, -0.05) is 66.3 Å². The zero-order valence-electron chi connectivity index (χ0n) is 25.4. The van der Waals surface area contributed by atoms with Crippen molar-refractivity contribution < 1.29 is 19.1 Å². The topological polar surface area (TPSA) is 78.6 Å². The van der Waals surface area contributed by atoms with Gasteiger partial charge in [-0.05, 0) is 101 Å². The van der Waals surface area contributed by atoms with Crippen LogP contribution in [0.3, 0.4) is 0 Å². The molecule has 6 heteroatoms. The van der Waals surface area contributed by atoms with Gasteiger partial charge in [0.1, 0.15) is 6.10 Å². The molecule has 2 N–H and O–H groups in total. The third-order valence-corrected chi connectivity index (χ3v) is 10.0. The number of anilines is 1. The largest absolute Gasteiger partial charge is 0.459 e. The van der Waals surface area contributed by atoms with E-state index in [1.165, 1.54) is 5.56 Å². The molecule has 224 valence electrons. The van der Waals surface area contributed by atoms with E-state index in [1.807, 2.05) is 24.3 Å². The van der Waals surface area contributed by atoms with Crippen molar-refractivity contribution in [3.05, 3.63) is 99.1 Å². The molecule has 0 radical (unpaired) electrons. The molecule has 6 rings (SSSR count). The van der Waals surface area contributed by atoms with Crippen LogP contribution in [0, 0.1) is 18.8 Å². The summed E-state index contributed by atoms with van der Waals surface area (Å²) in [6, 6.07) is 17.6. The number of carbonyl (C=O) groups is 2. The van der Waals surface area contributed by atoms with Crippen LogP contribution in [0.2, 0.25) is 0 Å². The molecule has 2 fully saturated rings. The zero-order valence-corrected chi connectivity index (χ0v) is 26.2. The summed E-state index contributed by atoms with van der Waals surface area (Å²) < 4.78 is 12.3. The lowest BCUT2D eigenvalue weighted by Crippen LogP contribution is -2.38. The number of fused-ring (bicyclic) bond motifs is 3. The molecule has 4 unspecified atom stereocenters. The van der Waals surface area contributed by atoms with E-state index < -0.39 is 5.97 Å². The van der Waals surface area contributed by atoms with Crippen LogP contribution in [0.5, 0.6) is 0 Å². The van der Waals surface area contributed by atoms with Gasteiger partial charge in [0.2, 0.25) is 0 Å². The molecule has 2 saturated carbocycles. The lowest BCUT2D eigenvalue weighted by atomic mass is 9.69. The van der Waals surface area contributed by atoms with Crippen LogP contribution in [0.4, 0.5) is 5.69 Å². The molecule has 4 atom stereocenters. The highest BCUT2D eigenvalue weighted by Gasteiger charge is 2.38. The monoisotopic (exact) mass is 595 g/mol. The number of ketones is 1. The van der Waals surface area contributed by atoms with Gasteiger partial charge in [0.05, 0.1) is 28.3 Å². The fourth-order valence-electron chi connectivity index (χ4n) is 7.43. The number of benzene rings is 3. The van der Waals surface area contributed by atoms with E-state index in [9.17, 15) is 9.59 Å². The fraction of sp³-hybridized carbons (Fsp3) is 0.432. The molecular weight excluding hydrogens is 554 g/mol. The number of thiocarbonyl (C=S) groups is 1. The molecular formula is C37H41NO4S. The third kappa shape index (κ3) is 6.05.